The second-order valence-corrected chi connectivity index (χ2v) is 8.32. The number of halogens is 1. The van der Waals surface area contributed by atoms with E-state index < -0.39 is 0 Å². The molecule has 21 heavy (non-hydrogen) atoms. The Kier molecular flexibility index (Phi) is 5.41. The first-order chi connectivity index (χ1) is 10.2. The van der Waals surface area contributed by atoms with Crippen molar-refractivity contribution < 1.29 is 4.74 Å². The molecule has 2 atom stereocenters. The SMILES string of the molecule is CCNC(c1sccc1Br)C1CCOC2(CCCCC2)C1. The molecule has 0 amide bonds. The van der Waals surface area contributed by atoms with Crippen LogP contribution in [0.15, 0.2) is 15.9 Å². The van der Waals surface area contributed by atoms with Crippen LogP contribution in [0.2, 0.25) is 0 Å². The van der Waals surface area contributed by atoms with E-state index in [9.17, 15) is 0 Å². The van der Waals surface area contributed by atoms with E-state index in [1.807, 2.05) is 11.3 Å². The van der Waals surface area contributed by atoms with Crippen LogP contribution in [0, 0.1) is 5.92 Å². The van der Waals surface area contributed by atoms with Gasteiger partial charge in [-0.15, -0.1) is 11.3 Å². The monoisotopic (exact) mass is 371 g/mol. The maximum Gasteiger partial charge on any atom is 0.0686 e. The van der Waals surface area contributed by atoms with Crippen molar-refractivity contribution in [2.24, 2.45) is 5.92 Å². The third kappa shape index (κ3) is 3.54. The van der Waals surface area contributed by atoms with E-state index in [2.05, 4.69) is 39.6 Å². The van der Waals surface area contributed by atoms with Crippen LogP contribution < -0.4 is 5.32 Å². The minimum Gasteiger partial charge on any atom is -0.375 e. The number of nitrogens with one attached hydrogen (secondary N) is 1. The predicted octanol–water partition coefficient (Wildman–Crippen LogP) is 5.29. The van der Waals surface area contributed by atoms with Gasteiger partial charge in [-0.2, -0.15) is 0 Å². The molecule has 1 aliphatic heterocycles. The van der Waals surface area contributed by atoms with Crippen molar-refractivity contribution in [3.63, 3.8) is 0 Å². The lowest BCUT2D eigenvalue weighted by Gasteiger charge is -2.45. The van der Waals surface area contributed by atoms with Crippen LogP contribution in [0.4, 0.5) is 0 Å². The molecule has 118 valence electrons. The molecule has 0 radical (unpaired) electrons. The number of thiophene rings is 1. The average molecular weight is 372 g/mol. The molecule has 1 N–H and O–H groups in total. The van der Waals surface area contributed by atoms with Gasteiger partial charge in [0, 0.05) is 22.0 Å². The normalized spacial score (nSPS) is 26.9. The highest BCUT2D eigenvalue weighted by Crippen LogP contribution is 2.46. The summed E-state index contributed by atoms with van der Waals surface area (Å²) in [5.74, 6) is 0.701. The van der Waals surface area contributed by atoms with Crippen molar-refractivity contribution in [2.45, 2.75) is 63.5 Å². The lowest BCUT2D eigenvalue weighted by Crippen LogP contribution is -2.44. The van der Waals surface area contributed by atoms with Gasteiger partial charge >= 0.3 is 0 Å². The molecule has 2 unspecified atom stereocenters. The zero-order valence-electron chi connectivity index (χ0n) is 12.9. The Labute approximate surface area is 140 Å². The van der Waals surface area contributed by atoms with Crippen LogP contribution in [0.3, 0.4) is 0 Å². The Balaban J connectivity index is 1.77. The number of hydrogen-bond acceptors (Lipinski definition) is 3. The molecule has 4 heteroatoms. The molecule has 2 aliphatic rings. The van der Waals surface area contributed by atoms with Crippen LogP contribution in [-0.2, 0) is 4.74 Å². The molecular formula is C17H26BrNOS. The van der Waals surface area contributed by atoms with Crippen LogP contribution >= 0.6 is 27.3 Å². The smallest absolute Gasteiger partial charge is 0.0686 e. The second-order valence-electron chi connectivity index (χ2n) is 6.51. The topological polar surface area (TPSA) is 21.3 Å². The molecular weight excluding hydrogens is 346 g/mol. The minimum absolute atomic E-state index is 0.193. The summed E-state index contributed by atoms with van der Waals surface area (Å²) in [5.41, 5.74) is 0.193. The van der Waals surface area contributed by atoms with Crippen molar-refractivity contribution in [2.75, 3.05) is 13.2 Å². The van der Waals surface area contributed by atoms with E-state index >= 15 is 0 Å². The molecule has 2 heterocycles. The summed E-state index contributed by atoms with van der Waals surface area (Å²) >= 11 is 5.61. The third-order valence-corrected chi connectivity index (χ3v) is 7.07. The van der Waals surface area contributed by atoms with E-state index in [1.54, 1.807) is 0 Å². The highest BCUT2D eigenvalue weighted by molar-refractivity contribution is 9.10. The third-order valence-electron chi connectivity index (χ3n) is 5.12. The van der Waals surface area contributed by atoms with Gasteiger partial charge in [0.15, 0.2) is 0 Å². The molecule has 0 aromatic carbocycles. The van der Waals surface area contributed by atoms with Gasteiger partial charge in [0.1, 0.15) is 0 Å². The fraction of sp³-hybridized carbons (Fsp3) is 0.765. The Morgan fingerprint density at radius 3 is 2.90 bits per heavy atom. The molecule has 1 saturated carbocycles. The molecule has 1 spiro atoms. The van der Waals surface area contributed by atoms with Gasteiger partial charge < -0.3 is 10.1 Å². The summed E-state index contributed by atoms with van der Waals surface area (Å²) in [6.07, 6.45) is 9.05. The van der Waals surface area contributed by atoms with Gasteiger partial charge in [-0.1, -0.05) is 26.2 Å². The van der Waals surface area contributed by atoms with Crippen LogP contribution in [0.1, 0.15) is 62.8 Å². The van der Waals surface area contributed by atoms with Crippen molar-refractivity contribution >= 4 is 27.3 Å². The molecule has 1 aromatic heterocycles. The van der Waals surface area contributed by atoms with E-state index in [4.69, 9.17) is 4.74 Å². The van der Waals surface area contributed by atoms with E-state index in [0.29, 0.717) is 12.0 Å². The number of rotatable bonds is 4. The van der Waals surface area contributed by atoms with E-state index in [-0.39, 0.29) is 5.60 Å². The molecule has 1 aromatic rings. The van der Waals surface area contributed by atoms with Crippen LogP contribution in [0.5, 0.6) is 0 Å². The number of ether oxygens (including phenoxy) is 1. The lowest BCUT2D eigenvalue weighted by atomic mass is 9.74. The summed E-state index contributed by atoms with van der Waals surface area (Å²) in [6, 6.07) is 2.66. The summed E-state index contributed by atoms with van der Waals surface area (Å²) in [5, 5.41) is 5.94. The van der Waals surface area contributed by atoms with Crippen molar-refractivity contribution in [3.05, 3.63) is 20.8 Å². The van der Waals surface area contributed by atoms with E-state index in [1.165, 1.54) is 54.3 Å². The van der Waals surface area contributed by atoms with Gasteiger partial charge in [0.25, 0.3) is 0 Å². The van der Waals surface area contributed by atoms with Crippen molar-refractivity contribution in [3.8, 4) is 0 Å². The zero-order chi connectivity index (χ0) is 14.7. The first-order valence-corrected chi connectivity index (χ1v) is 10.0. The van der Waals surface area contributed by atoms with Crippen LogP contribution in [0.25, 0.3) is 0 Å². The molecule has 0 bridgehead atoms. The number of hydrogen-bond donors (Lipinski definition) is 1. The lowest BCUT2D eigenvalue weighted by molar-refractivity contribution is -0.122. The molecule has 2 fully saturated rings. The Hall–Kier alpha value is 0.1000. The van der Waals surface area contributed by atoms with E-state index in [0.717, 1.165) is 13.2 Å². The van der Waals surface area contributed by atoms with Gasteiger partial charge in [-0.25, -0.2) is 0 Å². The quantitative estimate of drug-likeness (QED) is 0.775. The first kappa shape index (κ1) is 16.0. The molecule has 3 rings (SSSR count). The molecule has 2 nitrogen and oxygen atoms in total. The first-order valence-electron chi connectivity index (χ1n) is 8.34. The molecule has 1 aliphatic carbocycles. The maximum absolute atomic E-state index is 6.28. The largest absolute Gasteiger partial charge is 0.375 e. The second kappa shape index (κ2) is 7.12. The predicted molar refractivity (Wildman–Crippen MR) is 92.9 cm³/mol. The summed E-state index contributed by atoms with van der Waals surface area (Å²) in [4.78, 5) is 1.47. The minimum atomic E-state index is 0.193. The summed E-state index contributed by atoms with van der Waals surface area (Å²) in [7, 11) is 0. The Bertz CT molecular complexity index is 450. The zero-order valence-corrected chi connectivity index (χ0v) is 15.3. The highest BCUT2D eigenvalue weighted by atomic mass is 79.9. The van der Waals surface area contributed by atoms with Crippen molar-refractivity contribution in [1.82, 2.24) is 5.32 Å². The van der Waals surface area contributed by atoms with Gasteiger partial charge in [0.05, 0.1) is 5.60 Å². The molecule has 1 saturated heterocycles. The summed E-state index contributed by atoms with van der Waals surface area (Å²) in [6.45, 7) is 4.18. The van der Waals surface area contributed by atoms with Crippen molar-refractivity contribution in [1.29, 1.82) is 0 Å². The fourth-order valence-electron chi connectivity index (χ4n) is 4.12. The Morgan fingerprint density at radius 1 is 1.43 bits per heavy atom. The van der Waals surface area contributed by atoms with Gasteiger partial charge in [-0.3, -0.25) is 0 Å². The highest BCUT2D eigenvalue weighted by Gasteiger charge is 2.41. The van der Waals surface area contributed by atoms with Gasteiger partial charge in [0.2, 0.25) is 0 Å². The Morgan fingerprint density at radius 2 is 2.24 bits per heavy atom. The summed E-state index contributed by atoms with van der Waals surface area (Å²) < 4.78 is 7.54. The average Bonchev–Trinajstić information content (AvgIpc) is 2.91. The maximum atomic E-state index is 6.28. The van der Waals surface area contributed by atoms with Gasteiger partial charge in [-0.05, 0) is 65.5 Å². The standard InChI is InChI=1S/C17H26BrNOS/c1-2-19-15(16-14(18)7-11-21-16)13-6-10-20-17(12-13)8-4-3-5-9-17/h7,11,13,15,19H,2-6,8-10,12H2,1H3. The fourth-order valence-corrected chi connectivity index (χ4v) is 5.90. The van der Waals surface area contributed by atoms with Crippen LogP contribution in [-0.4, -0.2) is 18.8 Å².